The number of anilines is 1. The number of nitrogen functional groups attached to an aromatic ring is 1. The quantitative estimate of drug-likeness (QED) is 0.436. The van der Waals surface area contributed by atoms with Gasteiger partial charge in [-0.05, 0) is 31.1 Å². The number of nitrogens with two attached hydrogens (primary N) is 1. The van der Waals surface area contributed by atoms with Crippen molar-refractivity contribution in [1.29, 1.82) is 0 Å². The lowest BCUT2D eigenvalue weighted by Gasteiger charge is -2.45. The molecule has 11 nitrogen and oxygen atoms in total. The van der Waals surface area contributed by atoms with Gasteiger partial charge in [-0.3, -0.25) is 9.36 Å². The van der Waals surface area contributed by atoms with Crippen molar-refractivity contribution in [1.82, 2.24) is 24.8 Å². The van der Waals surface area contributed by atoms with Gasteiger partial charge in [-0.2, -0.15) is 0 Å². The van der Waals surface area contributed by atoms with E-state index in [1.165, 1.54) is 10.9 Å². The fraction of sp³-hybridized carbons (Fsp3) is 0.727. The van der Waals surface area contributed by atoms with Crippen LogP contribution in [0.1, 0.15) is 65.4 Å². The highest BCUT2D eigenvalue weighted by Crippen LogP contribution is 2.49. The number of fused-ring (bicyclic) bond motifs is 1. The average molecular weight is 463 g/mol. The standard InChI is InChI=1S/C22H34N6O5/c1-5-24-18(31)15-13(29)14(30)19(33-15)28-10-25-12-16(23)26-20(27-17(12)28)22(32)9-7-6-8-11(22)21(2,3)4/h10-11,13-15,19,29-30,32H,5-9H2,1-4H3,(H,24,31)(H2,23,26,27)/t11?,13-,14?,15+,19-,22?/m1/s1. The number of aliphatic hydroxyl groups is 3. The van der Waals surface area contributed by atoms with Gasteiger partial charge in [-0.1, -0.05) is 33.6 Å². The lowest BCUT2D eigenvalue weighted by atomic mass is 9.63. The zero-order valence-corrected chi connectivity index (χ0v) is 19.5. The molecule has 11 heteroatoms. The molecule has 0 radical (unpaired) electrons. The van der Waals surface area contributed by atoms with E-state index < -0.39 is 36.0 Å². The van der Waals surface area contributed by atoms with Crippen LogP contribution in [0, 0.1) is 11.3 Å². The number of aromatic nitrogens is 4. The van der Waals surface area contributed by atoms with Crippen molar-refractivity contribution in [3.8, 4) is 0 Å². The Morgan fingerprint density at radius 1 is 1.30 bits per heavy atom. The maximum Gasteiger partial charge on any atom is 0.252 e. The maximum atomic E-state index is 12.3. The lowest BCUT2D eigenvalue weighted by molar-refractivity contribution is -0.137. The normalized spacial score (nSPS) is 32.9. The number of amides is 1. The van der Waals surface area contributed by atoms with E-state index in [9.17, 15) is 20.1 Å². The lowest BCUT2D eigenvalue weighted by Crippen LogP contribution is -2.46. The molecule has 0 bridgehead atoms. The molecule has 4 rings (SSSR count). The summed E-state index contributed by atoms with van der Waals surface area (Å²) in [6.07, 6.45) is -0.588. The number of carbonyl (C=O) groups is 1. The van der Waals surface area contributed by atoms with Gasteiger partial charge in [0, 0.05) is 6.54 Å². The molecule has 0 spiro atoms. The third-order valence-electron chi connectivity index (χ3n) is 6.88. The molecule has 3 unspecified atom stereocenters. The number of imidazole rings is 1. The molecular weight excluding hydrogens is 428 g/mol. The summed E-state index contributed by atoms with van der Waals surface area (Å²) in [6.45, 7) is 8.38. The molecule has 1 saturated heterocycles. The number of likely N-dealkylation sites (N-methyl/N-ethyl adjacent to an activating group) is 1. The van der Waals surface area contributed by atoms with Gasteiger partial charge in [0.05, 0.1) is 6.33 Å². The Kier molecular flexibility index (Phi) is 6.10. The molecule has 1 saturated carbocycles. The number of carbonyl (C=O) groups excluding carboxylic acids is 1. The van der Waals surface area contributed by atoms with Crippen molar-refractivity contribution >= 4 is 22.9 Å². The highest BCUT2D eigenvalue weighted by atomic mass is 16.6. The van der Waals surface area contributed by atoms with Gasteiger partial charge in [0.15, 0.2) is 29.6 Å². The molecule has 2 fully saturated rings. The monoisotopic (exact) mass is 462 g/mol. The van der Waals surface area contributed by atoms with Gasteiger partial charge < -0.3 is 31.1 Å². The molecule has 1 aliphatic heterocycles. The first kappa shape index (κ1) is 23.8. The molecule has 6 N–H and O–H groups in total. The fourth-order valence-corrected chi connectivity index (χ4v) is 5.27. The number of aliphatic hydroxyl groups excluding tert-OH is 2. The van der Waals surface area contributed by atoms with E-state index in [-0.39, 0.29) is 34.1 Å². The largest absolute Gasteiger partial charge is 0.387 e. The Morgan fingerprint density at radius 3 is 2.70 bits per heavy atom. The highest BCUT2D eigenvalue weighted by molar-refractivity contribution is 5.83. The van der Waals surface area contributed by atoms with E-state index in [1.807, 2.05) is 0 Å². The Balaban J connectivity index is 1.77. The number of rotatable bonds is 4. The second kappa shape index (κ2) is 8.46. The van der Waals surface area contributed by atoms with Crippen LogP contribution in [0.2, 0.25) is 0 Å². The molecule has 0 aromatic carbocycles. The Hall–Kier alpha value is -2.34. The van der Waals surface area contributed by atoms with Crippen LogP contribution in [-0.2, 0) is 15.1 Å². The van der Waals surface area contributed by atoms with E-state index in [4.69, 9.17) is 10.5 Å². The van der Waals surface area contributed by atoms with Gasteiger partial charge >= 0.3 is 0 Å². The van der Waals surface area contributed by atoms with Crippen LogP contribution in [0.4, 0.5) is 5.82 Å². The summed E-state index contributed by atoms with van der Waals surface area (Å²) in [7, 11) is 0. The zero-order chi connectivity index (χ0) is 24.1. The predicted molar refractivity (Wildman–Crippen MR) is 120 cm³/mol. The molecule has 6 atom stereocenters. The number of ether oxygens (including phenoxy) is 1. The van der Waals surface area contributed by atoms with Crippen molar-refractivity contribution in [3.63, 3.8) is 0 Å². The minimum atomic E-state index is -1.43. The molecule has 1 amide bonds. The van der Waals surface area contributed by atoms with E-state index >= 15 is 0 Å². The molecule has 3 heterocycles. The van der Waals surface area contributed by atoms with Gasteiger partial charge in [-0.15, -0.1) is 0 Å². The fourth-order valence-electron chi connectivity index (χ4n) is 5.27. The van der Waals surface area contributed by atoms with E-state index in [0.29, 0.717) is 13.0 Å². The van der Waals surface area contributed by atoms with E-state index in [2.05, 4.69) is 41.0 Å². The molecule has 33 heavy (non-hydrogen) atoms. The van der Waals surface area contributed by atoms with Crippen molar-refractivity contribution < 1.29 is 24.9 Å². The summed E-state index contributed by atoms with van der Waals surface area (Å²) in [5.74, 6) is -0.282. The van der Waals surface area contributed by atoms with Crippen LogP contribution < -0.4 is 11.1 Å². The average Bonchev–Trinajstić information content (AvgIpc) is 3.29. The first-order valence-electron chi connectivity index (χ1n) is 11.5. The van der Waals surface area contributed by atoms with Crippen molar-refractivity contribution in [3.05, 3.63) is 12.2 Å². The second-order valence-corrected chi connectivity index (χ2v) is 10.2. The summed E-state index contributed by atoms with van der Waals surface area (Å²) < 4.78 is 7.16. The van der Waals surface area contributed by atoms with Crippen molar-refractivity contribution in [2.45, 2.75) is 83.5 Å². The number of hydrogen-bond acceptors (Lipinski definition) is 9. The second-order valence-electron chi connectivity index (χ2n) is 10.2. The van der Waals surface area contributed by atoms with Gasteiger partial charge in [-0.25, -0.2) is 15.0 Å². The smallest absolute Gasteiger partial charge is 0.252 e. The Bertz CT molecular complexity index is 1040. The molecule has 182 valence electrons. The third-order valence-corrected chi connectivity index (χ3v) is 6.88. The highest BCUT2D eigenvalue weighted by Gasteiger charge is 2.50. The van der Waals surface area contributed by atoms with Crippen LogP contribution in [0.25, 0.3) is 11.2 Å². The minimum Gasteiger partial charge on any atom is -0.387 e. The topological polar surface area (TPSA) is 169 Å². The first-order chi connectivity index (χ1) is 15.5. The Morgan fingerprint density at radius 2 is 2.03 bits per heavy atom. The summed E-state index contributed by atoms with van der Waals surface area (Å²) in [6, 6.07) is 0. The minimum absolute atomic E-state index is 0.0794. The van der Waals surface area contributed by atoms with Crippen LogP contribution in [-0.4, -0.2) is 65.6 Å². The first-order valence-corrected chi connectivity index (χ1v) is 11.5. The summed E-state index contributed by atoms with van der Waals surface area (Å²) in [5, 5.41) is 35.4. The summed E-state index contributed by atoms with van der Waals surface area (Å²) in [5.41, 5.74) is 5.31. The zero-order valence-electron chi connectivity index (χ0n) is 19.5. The molecule has 1 aliphatic carbocycles. The third kappa shape index (κ3) is 3.96. The molecular formula is C22H34N6O5. The number of nitrogens with zero attached hydrogens (tertiary/aromatic N) is 4. The number of nitrogens with one attached hydrogen (secondary N) is 1. The van der Waals surface area contributed by atoms with Crippen LogP contribution in [0.3, 0.4) is 0 Å². The van der Waals surface area contributed by atoms with Gasteiger partial charge in [0.2, 0.25) is 0 Å². The van der Waals surface area contributed by atoms with E-state index in [0.717, 1.165) is 19.3 Å². The number of hydrogen-bond donors (Lipinski definition) is 5. The van der Waals surface area contributed by atoms with Gasteiger partial charge in [0.25, 0.3) is 5.91 Å². The Labute approximate surface area is 192 Å². The van der Waals surface area contributed by atoms with Crippen LogP contribution >= 0.6 is 0 Å². The summed E-state index contributed by atoms with van der Waals surface area (Å²) in [4.78, 5) is 25.6. The van der Waals surface area contributed by atoms with Crippen molar-refractivity contribution in [2.75, 3.05) is 12.3 Å². The molecule has 2 aromatic heterocycles. The van der Waals surface area contributed by atoms with Crippen LogP contribution in [0.15, 0.2) is 6.33 Å². The van der Waals surface area contributed by atoms with E-state index in [1.54, 1.807) is 6.92 Å². The van der Waals surface area contributed by atoms with Crippen LogP contribution in [0.5, 0.6) is 0 Å². The predicted octanol–water partition coefficient (Wildman–Crippen LogP) is 0.588. The van der Waals surface area contributed by atoms with Gasteiger partial charge in [0.1, 0.15) is 23.3 Å². The SMILES string of the molecule is CCNC(=O)[C@H]1O[C@@H](n2cnc3c(N)nc(C4(O)CCCCC4C(C)(C)C)nc32)C(O)[C@H]1O. The summed E-state index contributed by atoms with van der Waals surface area (Å²) >= 11 is 0. The maximum absolute atomic E-state index is 12.3. The molecule has 2 aromatic rings. The van der Waals surface area contributed by atoms with Crippen molar-refractivity contribution in [2.24, 2.45) is 11.3 Å². The molecule has 2 aliphatic rings.